The van der Waals surface area contributed by atoms with Crippen LogP contribution in [0.15, 0.2) is 48.5 Å². The average Bonchev–Trinajstić information content (AvgIpc) is 3.56. The maximum Gasteiger partial charge on any atom is 0.0809 e. The van der Waals surface area contributed by atoms with E-state index in [1.165, 1.54) is 62.6 Å². The molecule has 2 heteroatoms. The summed E-state index contributed by atoms with van der Waals surface area (Å²) in [5.41, 5.74) is 6.42. The lowest BCUT2D eigenvalue weighted by atomic mass is 9.67. The van der Waals surface area contributed by atoms with Crippen molar-refractivity contribution in [1.29, 1.82) is 0 Å². The van der Waals surface area contributed by atoms with Crippen molar-refractivity contribution in [2.45, 2.75) is 95.9 Å². The molecule has 31 heavy (non-hydrogen) atoms. The van der Waals surface area contributed by atoms with Crippen molar-refractivity contribution >= 4 is 5.69 Å². The Balaban J connectivity index is 1.56. The van der Waals surface area contributed by atoms with Crippen LogP contribution in [-0.2, 0) is 5.54 Å². The average molecular weight is 415 g/mol. The second kappa shape index (κ2) is 7.37. The SMILES string of the molecule is Cc1ccccc1N1C(C)N2C(c3ccccc3C2(C2CCCC2)C2CCCC2)[C@@H]1C. The molecule has 3 fully saturated rings. The van der Waals surface area contributed by atoms with Gasteiger partial charge in [0.2, 0.25) is 0 Å². The van der Waals surface area contributed by atoms with Crippen LogP contribution in [0.25, 0.3) is 0 Å². The summed E-state index contributed by atoms with van der Waals surface area (Å²) >= 11 is 0. The Labute approximate surface area is 188 Å². The number of fused-ring (bicyclic) bond motifs is 3. The minimum absolute atomic E-state index is 0.235. The number of benzene rings is 2. The van der Waals surface area contributed by atoms with E-state index in [9.17, 15) is 0 Å². The van der Waals surface area contributed by atoms with E-state index in [1.807, 2.05) is 0 Å². The van der Waals surface area contributed by atoms with Gasteiger partial charge in [0, 0.05) is 11.7 Å². The van der Waals surface area contributed by atoms with Crippen LogP contribution >= 0.6 is 0 Å². The molecule has 2 aromatic carbocycles. The Kier molecular flexibility index (Phi) is 4.72. The van der Waals surface area contributed by atoms with Gasteiger partial charge >= 0.3 is 0 Å². The third kappa shape index (κ3) is 2.61. The molecule has 2 aliphatic heterocycles. The van der Waals surface area contributed by atoms with Gasteiger partial charge in [-0.2, -0.15) is 0 Å². The molecule has 0 bridgehead atoms. The molecular formula is C29H38N2. The maximum absolute atomic E-state index is 3.06. The summed E-state index contributed by atoms with van der Waals surface area (Å²) in [5, 5.41) is 0. The second-order valence-electron chi connectivity index (χ2n) is 10.8. The molecule has 0 aromatic heterocycles. The van der Waals surface area contributed by atoms with E-state index in [1.54, 1.807) is 11.1 Å². The summed E-state index contributed by atoms with van der Waals surface area (Å²) in [7, 11) is 0. The van der Waals surface area contributed by atoms with Crippen molar-refractivity contribution in [1.82, 2.24) is 4.90 Å². The Bertz CT molecular complexity index is 937. The number of hydrogen-bond donors (Lipinski definition) is 0. The van der Waals surface area contributed by atoms with Gasteiger partial charge in [-0.3, -0.25) is 4.90 Å². The zero-order valence-corrected chi connectivity index (χ0v) is 19.6. The van der Waals surface area contributed by atoms with Crippen LogP contribution in [0, 0.1) is 18.8 Å². The highest BCUT2D eigenvalue weighted by atomic mass is 15.5. The second-order valence-corrected chi connectivity index (χ2v) is 10.8. The van der Waals surface area contributed by atoms with E-state index in [-0.39, 0.29) is 5.54 Å². The fourth-order valence-electron chi connectivity index (χ4n) is 8.50. The number of rotatable bonds is 3. The van der Waals surface area contributed by atoms with Crippen molar-refractivity contribution < 1.29 is 0 Å². The number of nitrogens with zero attached hydrogens (tertiary/aromatic N) is 2. The van der Waals surface area contributed by atoms with Gasteiger partial charge in [0.15, 0.2) is 0 Å². The number of para-hydroxylation sites is 1. The minimum Gasteiger partial charge on any atom is -0.351 e. The van der Waals surface area contributed by atoms with E-state index < -0.39 is 0 Å². The van der Waals surface area contributed by atoms with Crippen molar-refractivity contribution in [3.8, 4) is 0 Å². The van der Waals surface area contributed by atoms with Crippen molar-refractivity contribution in [2.24, 2.45) is 11.8 Å². The number of anilines is 1. The Morgan fingerprint density at radius 3 is 2.00 bits per heavy atom. The fourth-order valence-corrected chi connectivity index (χ4v) is 8.50. The van der Waals surface area contributed by atoms with Gasteiger partial charge in [-0.25, -0.2) is 0 Å². The lowest BCUT2D eigenvalue weighted by Crippen LogP contribution is -2.55. The van der Waals surface area contributed by atoms with Gasteiger partial charge < -0.3 is 4.90 Å². The zero-order valence-electron chi connectivity index (χ0n) is 19.6. The quantitative estimate of drug-likeness (QED) is 0.525. The molecular weight excluding hydrogens is 376 g/mol. The monoisotopic (exact) mass is 414 g/mol. The van der Waals surface area contributed by atoms with Crippen molar-refractivity contribution in [3.63, 3.8) is 0 Å². The first-order chi connectivity index (χ1) is 15.2. The highest BCUT2D eigenvalue weighted by Crippen LogP contribution is 2.64. The molecule has 1 saturated heterocycles. The predicted octanol–water partition coefficient (Wildman–Crippen LogP) is 7.18. The molecule has 0 radical (unpaired) electrons. The first-order valence-electron chi connectivity index (χ1n) is 12.9. The van der Waals surface area contributed by atoms with E-state index in [4.69, 9.17) is 0 Å². The first kappa shape index (κ1) is 19.9. The van der Waals surface area contributed by atoms with Crippen LogP contribution in [0.4, 0.5) is 5.69 Å². The molecule has 2 aromatic rings. The third-order valence-corrected chi connectivity index (χ3v) is 9.49. The lowest BCUT2D eigenvalue weighted by Gasteiger charge is -2.51. The Morgan fingerprint density at radius 2 is 1.35 bits per heavy atom. The van der Waals surface area contributed by atoms with E-state index >= 15 is 0 Å². The fraction of sp³-hybridized carbons (Fsp3) is 0.586. The highest BCUT2D eigenvalue weighted by Gasteiger charge is 2.64. The van der Waals surface area contributed by atoms with Crippen LogP contribution in [0.5, 0.6) is 0 Å². The Morgan fingerprint density at radius 1 is 0.774 bits per heavy atom. The summed E-state index contributed by atoms with van der Waals surface area (Å²) in [5.74, 6) is 1.63. The predicted molar refractivity (Wildman–Crippen MR) is 129 cm³/mol. The summed E-state index contributed by atoms with van der Waals surface area (Å²) in [6.45, 7) is 7.28. The summed E-state index contributed by atoms with van der Waals surface area (Å²) in [6, 6.07) is 19.7. The number of aryl methyl sites for hydroxylation is 1. The van der Waals surface area contributed by atoms with Gasteiger partial charge in [-0.15, -0.1) is 0 Å². The van der Waals surface area contributed by atoms with Gasteiger partial charge in [0.1, 0.15) is 0 Å². The van der Waals surface area contributed by atoms with Crippen molar-refractivity contribution in [2.75, 3.05) is 4.90 Å². The molecule has 0 spiro atoms. The Hall–Kier alpha value is -1.80. The molecule has 164 valence electrons. The summed E-state index contributed by atoms with van der Waals surface area (Å²) in [6.07, 6.45) is 11.8. The van der Waals surface area contributed by atoms with Crippen LogP contribution < -0.4 is 4.90 Å². The van der Waals surface area contributed by atoms with E-state index in [0.717, 1.165) is 11.8 Å². The molecule has 0 amide bonds. The van der Waals surface area contributed by atoms with Crippen LogP contribution in [0.1, 0.15) is 87.9 Å². The van der Waals surface area contributed by atoms with E-state index in [2.05, 4.69) is 79.1 Å². The van der Waals surface area contributed by atoms with Gasteiger partial charge in [-0.1, -0.05) is 68.1 Å². The molecule has 2 unspecified atom stereocenters. The standard InChI is InChI=1S/C29H38N2/c1-20-12-4-11-19-27(20)30-21(2)28-25-17-9-10-18-26(25)29(31(28)22(30)3,23-13-5-6-14-23)24-15-7-8-16-24/h4,9-12,17-19,21-24,28H,5-8,13-16H2,1-3H3/t21-,22?,28?/m0/s1. The van der Waals surface area contributed by atoms with Gasteiger partial charge in [0.25, 0.3) is 0 Å². The third-order valence-electron chi connectivity index (χ3n) is 9.49. The van der Waals surface area contributed by atoms with Gasteiger partial charge in [-0.05, 0) is 81.0 Å². The molecule has 4 aliphatic rings. The molecule has 3 atom stereocenters. The van der Waals surface area contributed by atoms with E-state index in [0.29, 0.717) is 18.2 Å². The maximum atomic E-state index is 3.06. The molecule has 0 N–H and O–H groups in total. The first-order valence-corrected chi connectivity index (χ1v) is 12.9. The van der Waals surface area contributed by atoms with Crippen LogP contribution in [-0.4, -0.2) is 17.1 Å². The summed E-state index contributed by atoms with van der Waals surface area (Å²) in [4.78, 5) is 5.81. The van der Waals surface area contributed by atoms with Crippen LogP contribution in [0.3, 0.4) is 0 Å². The minimum atomic E-state index is 0.235. The largest absolute Gasteiger partial charge is 0.351 e. The summed E-state index contributed by atoms with van der Waals surface area (Å²) < 4.78 is 0. The molecule has 2 saturated carbocycles. The van der Waals surface area contributed by atoms with Gasteiger partial charge in [0.05, 0.1) is 17.7 Å². The molecule has 2 aliphatic carbocycles. The number of hydrogen-bond acceptors (Lipinski definition) is 2. The molecule has 2 nitrogen and oxygen atoms in total. The van der Waals surface area contributed by atoms with Crippen LogP contribution in [0.2, 0.25) is 0 Å². The topological polar surface area (TPSA) is 6.48 Å². The zero-order chi connectivity index (χ0) is 21.2. The normalized spacial score (nSPS) is 30.8. The highest BCUT2D eigenvalue weighted by molar-refractivity contribution is 5.59. The molecule has 2 heterocycles. The molecule has 6 rings (SSSR count). The smallest absolute Gasteiger partial charge is 0.0809 e. The lowest BCUT2D eigenvalue weighted by molar-refractivity contribution is -0.0351. The van der Waals surface area contributed by atoms with Crippen molar-refractivity contribution in [3.05, 3.63) is 65.2 Å².